The Morgan fingerprint density at radius 3 is 2.45 bits per heavy atom. The summed E-state index contributed by atoms with van der Waals surface area (Å²) >= 11 is 0. The summed E-state index contributed by atoms with van der Waals surface area (Å²) in [6, 6.07) is 11.6. The van der Waals surface area contributed by atoms with Crippen molar-refractivity contribution in [3.63, 3.8) is 0 Å². The van der Waals surface area contributed by atoms with E-state index in [1.807, 2.05) is 37.3 Å². The van der Waals surface area contributed by atoms with Crippen molar-refractivity contribution in [3.8, 4) is 0 Å². The second kappa shape index (κ2) is 9.86. The SMILES string of the molecule is CCOC(=O)N1CCN(c2cc(C(=O)N(CC)Cc3ccccc3)ncn2)CC1. The Bertz CT molecular complexity index is 822. The van der Waals surface area contributed by atoms with Crippen LogP contribution in [0.25, 0.3) is 0 Å². The number of benzene rings is 1. The highest BCUT2D eigenvalue weighted by Gasteiger charge is 2.24. The van der Waals surface area contributed by atoms with Crippen molar-refractivity contribution >= 4 is 17.8 Å². The number of rotatable bonds is 6. The van der Waals surface area contributed by atoms with Crippen molar-refractivity contribution in [2.45, 2.75) is 20.4 Å². The van der Waals surface area contributed by atoms with Gasteiger partial charge in [0, 0.05) is 45.3 Å². The number of aromatic nitrogens is 2. The van der Waals surface area contributed by atoms with E-state index in [9.17, 15) is 9.59 Å². The standard InChI is InChI=1S/C21H27N5O3/c1-3-24(15-17-8-6-5-7-9-17)20(27)18-14-19(23-16-22-18)25-10-12-26(13-11-25)21(28)29-4-2/h5-9,14,16H,3-4,10-13,15H2,1-2H3. The second-order valence-corrected chi connectivity index (χ2v) is 6.74. The number of carbonyl (C=O) groups is 2. The maximum Gasteiger partial charge on any atom is 0.409 e. The molecule has 0 aliphatic carbocycles. The quantitative estimate of drug-likeness (QED) is 0.745. The summed E-state index contributed by atoms with van der Waals surface area (Å²) in [7, 11) is 0. The number of hydrogen-bond donors (Lipinski definition) is 0. The van der Waals surface area contributed by atoms with Crippen molar-refractivity contribution in [1.82, 2.24) is 19.8 Å². The van der Waals surface area contributed by atoms with Crippen molar-refractivity contribution in [2.24, 2.45) is 0 Å². The number of carbonyl (C=O) groups excluding carboxylic acids is 2. The van der Waals surface area contributed by atoms with Gasteiger partial charge in [0.15, 0.2) is 0 Å². The van der Waals surface area contributed by atoms with E-state index in [0.717, 1.165) is 5.56 Å². The lowest BCUT2D eigenvalue weighted by atomic mass is 10.2. The Morgan fingerprint density at radius 1 is 1.07 bits per heavy atom. The molecule has 8 nitrogen and oxygen atoms in total. The summed E-state index contributed by atoms with van der Waals surface area (Å²) in [6.07, 6.45) is 1.14. The summed E-state index contributed by atoms with van der Waals surface area (Å²) < 4.78 is 5.05. The zero-order valence-corrected chi connectivity index (χ0v) is 17.0. The molecular formula is C21H27N5O3. The Labute approximate surface area is 171 Å². The molecule has 0 atom stereocenters. The molecule has 0 saturated carbocycles. The lowest BCUT2D eigenvalue weighted by Crippen LogP contribution is -2.49. The third kappa shape index (κ3) is 5.22. The van der Waals surface area contributed by atoms with Crippen LogP contribution in [0.4, 0.5) is 10.6 Å². The van der Waals surface area contributed by atoms with Crippen LogP contribution in [0.15, 0.2) is 42.7 Å². The van der Waals surface area contributed by atoms with Crippen molar-refractivity contribution in [1.29, 1.82) is 0 Å². The molecule has 1 aliphatic rings. The van der Waals surface area contributed by atoms with Gasteiger partial charge >= 0.3 is 6.09 Å². The summed E-state index contributed by atoms with van der Waals surface area (Å²) in [5.41, 5.74) is 1.45. The molecule has 1 fully saturated rings. The molecule has 0 radical (unpaired) electrons. The summed E-state index contributed by atoms with van der Waals surface area (Å²) in [5.74, 6) is 0.577. The molecule has 2 heterocycles. The highest BCUT2D eigenvalue weighted by molar-refractivity contribution is 5.92. The van der Waals surface area contributed by atoms with E-state index >= 15 is 0 Å². The van der Waals surface area contributed by atoms with E-state index in [1.54, 1.807) is 22.8 Å². The Balaban J connectivity index is 1.66. The summed E-state index contributed by atoms with van der Waals surface area (Å²) in [4.78, 5) is 38.9. The molecule has 0 unspecified atom stereocenters. The number of hydrogen-bond acceptors (Lipinski definition) is 6. The van der Waals surface area contributed by atoms with Gasteiger partial charge in [-0.3, -0.25) is 4.79 Å². The fourth-order valence-electron chi connectivity index (χ4n) is 3.26. The normalized spacial score (nSPS) is 13.9. The van der Waals surface area contributed by atoms with Gasteiger partial charge in [-0.2, -0.15) is 0 Å². The summed E-state index contributed by atoms with van der Waals surface area (Å²) in [5, 5.41) is 0. The number of ether oxygens (including phenoxy) is 1. The Hall–Kier alpha value is -3.16. The third-order valence-corrected chi connectivity index (χ3v) is 4.89. The molecule has 1 aromatic carbocycles. The van der Waals surface area contributed by atoms with Crippen LogP contribution in [0.2, 0.25) is 0 Å². The molecule has 2 amide bonds. The van der Waals surface area contributed by atoms with Crippen LogP contribution in [0.5, 0.6) is 0 Å². The molecule has 154 valence electrons. The minimum atomic E-state index is -0.287. The molecule has 2 aromatic rings. The van der Waals surface area contributed by atoms with E-state index in [1.165, 1.54) is 6.33 Å². The molecular weight excluding hydrogens is 370 g/mol. The van der Waals surface area contributed by atoms with E-state index in [4.69, 9.17) is 4.74 Å². The predicted molar refractivity (Wildman–Crippen MR) is 110 cm³/mol. The summed E-state index contributed by atoms with van der Waals surface area (Å²) in [6.45, 7) is 7.62. The first-order valence-electron chi connectivity index (χ1n) is 9.94. The number of piperazine rings is 1. The Morgan fingerprint density at radius 2 is 1.79 bits per heavy atom. The van der Waals surface area contributed by atoms with Gasteiger partial charge in [0.2, 0.25) is 0 Å². The zero-order chi connectivity index (χ0) is 20.6. The van der Waals surface area contributed by atoms with Crippen molar-refractivity contribution < 1.29 is 14.3 Å². The number of nitrogens with zero attached hydrogens (tertiary/aromatic N) is 5. The lowest BCUT2D eigenvalue weighted by Gasteiger charge is -2.34. The average molecular weight is 397 g/mol. The average Bonchev–Trinajstić information content (AvgIpc) is 2.78. The van der Waals surface area contributed by atoms with Gasteiger partial charge < -0.3 is 19.4 Å². The molecule has 0 spiro atoms. The molecule has 8 heteroatoms. The largest absolute Gasteiger partial charge is 0.450 e. The minimum absolute atomic E-state index is 0.120. The van der Waals surface area contributed by atoms with Gasteiger partial charge in [-0.1, -0.05) is 30.3 Å². The van der Waals surface area contributed by atoms with Gasteiger partial charge in [0.25, 0.3) is 5.91 Å². The number of anilines is 1. The first-order chi connectivity index (χ1) is 14.1. The lowest BCUT2D eigenvalue weighted by molar-refractivity contribution is 0.0746. The van der Waals surface area contributed by atoms with E-state index < -0.39 is 0 Å². The van der Waals surface area contributed by atoms with Crippen LogP contribution in [0, 0.1) is 0 Å². The van der Waals surface area contributed by atoms with Gasteiger partial charge in [-0.15, -0.1) is 0 Å². The molecule has 1 aromatic heterocycles. The van der Waals surface area contributed by atoms with Crippen LogP contribution >= 0.6 is 0 Å². The molecule has 0 N–H and O–H groups in total. The molecule has 0 bridgehead atoms. The zero-order valence-electron chi connectivity index (χ0n) is 17.0. The highest BCUT2D eigenvalue weighted by Crippen LogP contribution is 2.16. The first kappa shape index (κ1) is 20.6. The van der Waals surface area contributed by atoms with Crippen molar-refractivity contribution in [3.05, 3.63) is 54.0 Å². The van der Waals surface area contributed by atoms with Crippen molar-refractivity contribution in [2.75, 3.05) is 44.2 Å². The smallest absolute Gasteiger partial charge is 0.409 e. The maximum atomic E-state index is 13.0. The topological polar surface area (TPSA) is 78.9 Å². The van der Waals surface area contributed by atoms with E-state index in [-0.39, 0.29) is 12.0 Å². The maximum absolute atomic E-state index is 13.0. The van der Waals surface area contributed by atoms with Gasteiger partial charge in [0.05, 0.1) is 6.61 Å². The molecule has 1 saturated heterocycles. The monoisotopic (exact) mass is 397 g/mol. The molecule has 3 rings (SSSR count). The first-order valence-corrected chi connectivity index (χ1v) is 9.94. The Kier molecular flexibility index (Phi) is 6.99. The van der Waals surface area contributed by atoms with Crippen LogP contribution < -0.4 is 4.90 Å². The fraction of sp³-hybridized carbons (Fsp3) is 0.429. The predicted octanol–water partition coefficient (Wildman–Crippen LogP) is 2.42. The third-order valence-electron chi connectivity index (χ3n) is 4.89. The van der Waals surface area contributed by atoms with Crippen LogP contribution in [-0.4, -0.2) is 71.1 Å². The number of amides is 2. The van der Waals surface area contributed by atoms with E-state index in [0.29, 0.717) is 57.4 Å². The van der Waals surface area contributed by atoms with Gasteiger partial charge in [-0.05, 0) is 19.4 Å². The fourth-order valence-corrected chi connectivity index (χ4v) is 3.26. The van der Waals surface area contributed by atoms with E-state index in [2.05, 4.69) is 14.9 Å². The minimum Gasteiger partial charge on any atom is -0.450 e. The molecule has 1 aliphatic heterocycles. The van der Waals surface area contributed by atoms with Crippen LogP contribution in [0.3, 0.4) is 0 Å². The highest BCUT2D eigenvalue weighted by atomic mass is 16.6. The van der Waals surface area contributed by atoms with Crippen LogP contribution in [-0.2, 0) is 11.3 Å². The van der Waals surface area contributed by atoms with Gasteiger partial charge in [0.1, 0.15) is 17.8 Å². The second-order valence-electron chi connectivity index (χ2n) is 6.74. The van der Waals surface area contributed by atoms with Gasteiger partial charge in [-0.25, -0.2) is 14.8 Å². The van der Waals surface area contributed by atoms with Crippen LogP contribution in [0.1, 0.15) is 29.9 Å². The molecule has 29 heavy (non-hydrogen) atoms.